The second-order valence-corrected chi connectivity index (χ2v) is 5.12. The SMILES string of the molecule is Cc1nc(Br)ccc1NC(=O)C(C)(C)CN. The summed E-state index contributed by atoms with van der Waals surface area (Å²) in [7, 11) is 0. The normalized spacial score (nSPS) is 11.3. The largest absolute Gasteiger partial charge is 0.329 e. The van der Waals surface area contributed by atoms with Crippen molar-refractivity contribution in [1.29, 1.82) is 0 Å². The molecule has 0 unspecified atom stereocenters. The smallest absolute Gasteiger partial charge is 0.231 e. The van der Waals surface area contributed by atoms with E-state index >= 15 is 0 Å². The molecule has 0 aliphatic rings. The fraction of sp³-hybridized carbons (Fsp3) is 0.455. The molecule has 1 aromatic rings. The molecule has 0 radical (unpaired) electrons. The lowest BCUT2D eigenvalue weighted by atomic mass is 9.92. The van der Waals surface area contributed by atoms with Crippen LogP contribution in [-0.4, -0.2) is 17.4 Å². The lowest BCUT2D eigenvalue weighted by molar-refractivity contribution is -0.123. The number of rotatable bonds is 3. The number of halogens is 1. The molecule has 0 aromatic carbocycles. The minimum atomic E-state index is -0.570. The second-order valence-electron chi connectivity index (χ2n) is 4.31. The highest BCUT2D eigenvalue weighted by molar-refractivity contribution is 9.10. The molecule has 0 saturated carbocycles. The Morgan fingerprint density at radius 2 is 2.19 bits per heavy atom. The summed E-state index contributed by atoms with van der Waals surface area (Å²) in [5, 5.41) is 2.83. The first-order valence-corrected chi connectivity index (χ1v) is 5.81. The molecule has 1 rings (SSSR count). The van der Waals surface area contributed by atoms with E-state index in [0.717, 1.165) is 16.0 Å². The number of aryl methyl sites for hydroxylation is 1. The van der Waals surface area contributed by atoms with Gasteiger partial charge in [-0.1, -0.05) is 0 Å². The van der Waals surface area contributed by atoms with Crippen LogP contribution in [0.4, 0.5) is 5.69 Å². The Labute approximate surface area is 104 Å². The van der Waals surface area contributed by atoms with E-state index in [-0.39, 0.29) is 5.91 Å². The van der Waals surface area contributed by atoms with Crippen LogP contribution in [-0.2, 0) is 4.79 Å². The Hall–Kier alpha value is -0.940. The van der Waals surface area contributed by atoms with Gasteiger partial charge in [0.25, 0.3) is 0 Å². The maximum atomic E-state index is 11.9. The van der Waals surface area contributed by atoms with Crippen molar-refractivity contribution in [3.8, 4) is 0 Å². The van der Waals surface area contributed by atoms with Gasteiger partial charge in [0, 0.05) is 6.54 Å². The number of amides is 1. The molecule has 0 fully saturated rings. The predicted octanol–water partition coefficient (Wildman–Crippen LogP) is 2.08. The molecule has 0 aliphatic heterocycles. The molecule has 5 heteroatoms. The monoisotopic (exact) mass is 285 g/mol. The van der Waals surface area contributed by atoms with Gasteiger partial charge in [-0.2, -0.15) is 0 Å². The minimum Gasteiger partial charge on any atom is -0.329 e. The van der Waals surface area contributed by atoms with E-state index < -0.39 is 5.41 Å². The van der Waals surface area contributed by atoms with Crippen molar-refractivity contribution < 1.29 is 4.79 Å². The number of carbonyl (C=O) groups excluding carboxylic acids is 1. The summed E-state index contributed by atoms with van der Waals surface area (Å²) in [6.45, 7) is 5.77. The third-order valence-electron chi connectivity index (χ3n) is 2.43. The van der Waals surface area contributed by atoms with Crippen LogP contribution in [0.1, 0.15) is 19.5 Å². The highest BCUT2D eigenvalue weighted by Crippen LogP contribution is 2.20. The lowest BCUT2D eigenvalue weighted by Crippen LogP contribution is -2.37. The van der Waals surface area contributed by atoms with E-state index in [1.807, 2.05) is 26.8 Å². The third kappa shape index (κ3) is 3.02. The summed E-state index contributed by atoms with van der Waals surface area (Å²) in [6.07, 6.45) is 0. The van der Waals surface area contributed by atoms with Crippen LogP contribution in [0.5, 0.6) is 0 Å². The highest BCUT2D eigenvalue weighted by Gasteiger charge is 2.26. The first-order valence-electron chi connectivity index (χ1n) is 5.01. The Morgan fingerprint density at radius 3 is 2.69 bits per heavy atom. The van der Waals surface area contributed by atoms with E-state index in [2.05, 4.69) is 26.2 Å². The molecule has 1 amide bonds. The van der Waals surface area contributed by atoms with Crippen LogP contribution < -0.4 is 11.1 Å². The average Bonchev–Trinajstić information content (AvgIpc) is 2.22. The third-order valence-corrected chi connectivity index (χ3v) is 2.87. The molecular formula is C11H16BrN3O. The van der Waals surface area contributed by atoms with Crippen molar-refractivity contribution in [3.63, 3.8) is 0 Å². The molecule has 0 spiro atoms. The van der Waals surface area contributed by atoms with Gasteiger partial charge in [-0.3, -0.25) is 4.79 Å². The van der Waals surface area contributed by atoms with Gasteiger partial charge in [0.05, 0.1) is 16.8 Å². The molecule has 0 bridgehead atoms. The lowest BCUT2D eigenvalue weighted by Gasteiger charge is -2.21. The summed E-state index contributed by atoms with van der Waals surface area (Å²) in [4.78, 5) is 16.1. The number of nitrogens with zero attached hydrogens (tertiary/aromatic N) is 1. The van der Waals surface area contributed by atoms with Crippen LogP contribution in [0.15, 0.2) is 16.7 Å². The highest BCUT2D eigenvalue weighted by atomic mass is 79.9. The molecule has 0 saturated heterocycles. The summed E-state index contributed by atoms with van der Waals surface area (Å²) >= 11 is 3.27. The van der Waals surface area contributed by atoms with Crippen molar-refractivity contribution in [2.75, 3.05) is 11.9 Å². The van der Waals surface area contributed by atoms with Gasteiger partial charge in [0.2, 0.25) is 5.91 Å². The van der Waals surface area contributed by atoms with Crippen molar-refractivity contribution in [2.45, 2.75) is 20.8 Å². The van der Waals surface area contributed by atoms with E-state index in [4.69, 9.17) is 5.73 Å². The number of hydrogen-bond donors (Lipinski definition) is 2. The number of hydrogen-bond acceptors (Lipinski definition) is 3. The average molecular weight is 286 g/mol. The van der Waals surface area contributed by atoms with Gasteiger partial charge in [-0.15, -0.1) is 0 Å². The van der Waals surface area contributed by atoms with Crippen LogP contribution in [0, 0.1) is 12.3 Å². The van der Waals surface area contributed by atoms with Gasteiger partial charge in [-0.05, 0) is 48.8 Å². The molecule has 16 heavy (non-hydrogen) atoms. The molecular weight excluding hydrogens is 270 g/mol. The first kappa shape index (κ1) is 13.1. The van der Waals surface area contributed by atoms with Crippen LogP contribution >= 0.6 is 15.9 Å². The molecule has 88 valence electrons. The topological polar surface area (TPSA) is 68.0 Å². The number of carbonyl (C=O) groups is 1. The molecule has 4 nitrogen and oxygen atoms in total. The maximum Gasteiger partial charge on any atom is 0.231 e. The molecule has 1 aromatic heterocycles. The number of nitrogens with two attached hydrogens (primary N) is 1. The van der Waals surface area contributed by atoms with Crippen molar-refractivity contribution >= 4 is 27.5 Å². The summed E-state index contributed by atoms with van der Waals surface area (Å²) in [6, 6.07) is 3.61. The van der Waals surface area contributed by atoms with Crippen LogP contribution in [0.2, 0.25) is 0 Å². The number of anilines is 1. The Kier molecular flexibility index (Phi) is 4.04. The zero-order valence-electron chi connectivity index (χ0n) is 9.67. The summed E-state index contributed by atoms with van der Waals surface area (Å²) < 4.78 is 0.751. The molecule has 3 N–H and O–H groups in total. The van der Waals surface area contributed by atoms with Crippen molar-refractivity contribution in [3.05, 3.63) is 22.4 Å². The fourth-order valence-corrected chi connectivity index (χ4v) is 1.44. The zero-order chi connectivity index (χ0) is 12.3. The molecule has 1 heterocycles. The number of aromatic nitrogens is 1. The number of pyridine rings is 1. The van der Waals surface area contributed by atoms with Crippen molar-refractivity contribution in [2.24, 2.45) is 11.1 Å². The maximum absolute atomic E-state index is 11.9. The molecule has 0 aliphatic carbocycles. The Morgan fingerprint density at radius 1 is 1.56 bits per heavy atom. The summed E-state index contributed by atoms with van der Waals surface area (Å²) in [5.41, 5.74) is 6.46. The second kappa shape index (κ2) is 4.93. The minimum absolute atomic E-state index is 0.0952. The van der Waals surface area contributed by atoms with Gasteiger partial charge in [-0.25, -0.2) is 4.98 Å². The van der Waals surface area contributed by atoms with Gasteiger partial charge in [0.1, 0.15) is 4.60 Å². The van der Waals surface area contributed by atoms with Crippen LogP contribution in [0.3, 0.4) is 0 Å². The Bertz CT molecular complexity index is 404. The van der Waals surface area contributed by atoms with Crippen LogP contribution in [0.25, 0.3) is 0 Å². The van der Waals surface area contributed by atoms with E-state index in [1.165, 1.54) is 0 Å². The standard InChI is InChI=1S/C11H16BrN3O/c1-7-8(4-5-9(12)14-7)15-10(16)11(2,3)6-13/h4-5H,6,13H2,1-3H3,(H,15,16). The van der Waals surface area contributed by atoms with Gasteiger partial charge in [0.15, 0.2) is 0 Å². The van der Waals surface area contributed by atoms with Gasteiger partial charge >= 0.3 is 0 Å². The summed E-state index contributed by atoms with van der Waals surface area (Å²) in [5.74, 6) is -0.0952. The number of nitrogens with one attached hydrogen (secondary N) is 1. The van der Waals surface area contributed by atoms with Crippen molar-refractivity contribution in [1.82, 2.24) is 4.98 Å². The predicted molar refractivity (Wildman–Crippen MR) is 68.1 cm³/mol. The molecule has 0 atom stereocenters. The van der Waals surface area contributed by atoms with E-state index in [9.17, 15) is 4.79 Å². The van der Waals surface area contributed by atoms with E-state index in [1.54, 1.807) is 6.07 Å². The quantitative estimate of drug-likeness (QED) is 0.836. The first-order chi connectivity index (χ1) is 7.36. The fourth-order valence-electron chi connectivity index (χ4n) is 1.05. The Balaban J connectivity index is 2.85. The van der Waals surface area contributed by atoms with Gasteiger partial charge < -0.3 is 11.1 Å². The van der Waals surface area contributed by atoms with E-state index in [0.29, 0.717) is 6.54 Å². The zero-order valence-corrected chi connectivity index (χ0v) is 11.3.